The van der Waals surface area contributed by atoms with E-state index >= 15 is 0 Å². The van der Waals surface area contributed by atoms with E-state index in [0.717, 1.165) is 43.3 Å². The first-order valence-electron chi connectivity index (χ1n) is 8.32. The van der Waals surface area contributed by atoms with Crippen LogP contribution >= 0.6 is 0 Å². The lowest BCUT2D eigenvalue weighted by Gasteiger charge is -2.14. The van der Waals surface area contributed by atoms with Gasteiger partial charge in [-0.2, -0.15) is 0 Å². The molecule has 6 heteroatoms. The first-order valence-corrected chi connectivity index (χ1v) is 8.32. The number of benzene rings is 1. The molecular formula is C18H24N4O2. The van der Waals surface area contributed by atoms with Crippen LogP contribution in [-0.4, -0.2) is 37.2 Å². The van der Waals surface area contributed by atoms with Crippen LogP contribution in [0.15, 0.2) is 39.9 Å². The lowest BCUT2D eigenvalue weighted by molar-refractivity contribution is 0.114. The van der Waals surface area contributed by atoms with E-state index in [9.17, 15) is 0 Å². The fraction of sp³-hybridized carbons (Fsp3) is 0.444. The van der Waals surface area contributed by atoms with E-state index in [0.29, 0.717) is 12.4 Å². The molecule has 1 aliphatic rings. The normalized spacial score (nSPS) is 17.9. The highest BCUT2D eigenvalue weighted by atomic mass is 16.5. The van der Waals surface area contributed by atoms with Crippen molar-refractivity contribution in [3.8, 4) is 11.3 Å². The van der Waals surface area contributed by atoms with Crippen LogP contribution in [0.5, 0.6) is 0 Å². The average Bonchev–Trinajstić information content (AvgIpc) is 3.27. The summed E-state index contributed by atoms with van der Waals surface area (Å²) in [7, 11) is 1.75. The van der Waals surface area contributed by atoms with Crippen LogP contribution in [-0.2, 0) is 11.3 Å². The van der Waals surface area contributed by atoms with E-state index in [1.807, 2.05) is 12.1 Å². The van der Waals surface area contributed by atoms with Gasteiger partial charge in [0.1, 0.15) is 0 Å². The molecule has 0 radical (unpaired) electrons. The lowest BCUT2D eigenvalue weighted by atomic mass is 10.1. The molecule has 2 heterocycles. The van der Waals surface area contributed by atoms with Crippen LogP contribution < -0.4 is 10.6 Å². The van der Waals surface area contributed by atoms with E-state index in [2.05, 4.69) is 39.7 Å². The Labute approximate surface area is 142 Å². The van der Waals surface area contributed by atoms with Crippen molar-refractivity contribution in [2.24, 2.45) is 4.99 Å². The molecule has 1 saturated heterocycles. The molecule has 1 fully saturated rings. The van der Waals surface area contributed by atoms with Crippen molar-refractivity contribution in [1.29, 1.82) is 0 Å². The van der Waals surface area contributed by atoms with Gasteiger partial charge in [0.2, 0.25) is 5.89 Å². The van der Waals surface area contributed by atoms with Gasteiger partial charge in [0.15, 0.2) is 11.7 Å². The van der Waals surface area contributed by atoms with Crippen molar-refractivity contribution in [2.45, 2.75) is 32.4 Å². The van der Waals surface area contributed by atoms with Crippen molar-refractivity contribution in [3.05, 3.63) is 41.9 Å². The summed E-state index contributed by atoms with van der Waals surface area (Å²) < 4.78 is 11.4. The molecule has 6 nitrogen and oxygen atoms in total. The molecule has 1 aromatic heterocycles. The summed E-state index contributed by atoms with van der Waals surface area (Å²) in [5.41, 5.74) is 2.25. The number of nitrogens with one attached hydrogen (secondary N) is 2. The minimum atomic E-state index is 0.276. The van der Waals surface area contributed by atoms with E-state index in [4.69, 9.17) is 9.15 Å². The Morgan fingerprint density at radius 1 is 1.29 bits per heavy atom. The number of hydrogen-bond acceptors (Lipinski definition) is 4. The van der Waals surface area contributed by atoms with Gasteiger partial charge in [-0.3, -0.25) is 4.99 Å². The Kier molecular flexibility index (Phi) is 5.48. The Hall–Kier alpha value is -2.34. The van der Waals surface area contributed by atoms with Gasteiger partial charge in [0.25, 0.3) is 0 Å². The lowest BCUT2D eigenvalue weighted by Crippen LogP contribution is -2.40. The van der Waals surface area contributed by atoms with Gasteiger partial charge in [0.05, 0.1) is 18.8 Å². The molecule has 128 valence electrons. The standard InChI is InChI=1S/C18H24N4O2/c1-13-5-7-14(8-6-13)16-11-20-17(24-16)12-22-18(19-2)21-10-15-4-3-9-23-15/h5-8,11,15H,3-4,9-10,12H2,1-2H3,(H2,19,21,22). The Morgan fingerprint density at radius 3 is 2.83 bits per heavy atom. The number of guanidine groups is 1. The molecule has 24 heavy (non-hydrogen) atoms. The van der Waals surface area contributed by atoms with Gasteiger partial charge < -0.3 is 19.8 Å². The molecule has 1 aliphatic heterocycles. The van der Waals surface area contributed by atoms with Crippen molar-refractivity contribution in [3.63, 3.8) is 0 Å². The minimum Gasteiger partial charge on any atom is -0.439 e. The molecule has 3 rings (SSSR count). The summed E-state index contributed by atoms with van der Waals surface area (Å²) >= 11 is 0. The van der Waals surface area contributed by atoms with Gasteiger partial charge in [-0.15, -0.1) is 0 Å². The first kappa shape index (κ1) is 16.5. The fourth-order valence-electron chi connectivity index (χ4n) is 2.64. The molecular weight excluding hydrogens is 304 g/mol. The monoisotopic (exact) mass is 328 g/mol. The average molecular weight is 328 g/mol. The second kappa shape index (κ2) is 7.97. The van der Waals surface area contributed by atoms with Crippen LogP contribution in [0.4, 0.5) is 0 Å². The van der Waals surface area contributed by atoms with Gasteiger partial charge in [-0.25, -0.2) is 4.98 Å². The van der Waals surface area contributed by atoms with Crippen LogP contribution in [0.25, 0.3) is 11.3 Å². The zero-order valence-corrected chi connectivity index (χ0v) is 14.2. The molecule has 0 spiro atoms. The molecule has 1 unspecified atom stereocenters. The van der Waals surface area contributed by atoms with Crippen LogP contribution in [0.3, 0.4) is 0 Å². The first-order chi connectivity index (χ1) is 11.7. The molecule has 0 aliphatic carbocycles. The summed E-state index contributed by atoms with van der Waals surface area (Å²) in [6.45, 7) is 4.17. The van der Waals surface area contributed by atoms with E-state index in [-0.39, 0.29) is 6.10 Å². The van der Waals surface area contributed by atoms with Crippen molar-refractivity contribution in [2.75, 3.05) is 20.2 Å². The van der Waals surface area contributed by atoms with Gasteiger partial charge in [-0.1, -0.05) is 29.8 Å². The second-order valence-electron chi connectivity index (χ2n) is 5.93. The number of aromatic nitrogens is 1. The van der Waals surface area contributed by atoms with E-state index in [1.165, 1.54) is 5.56 Å². The maximum Gasteiger partial charge on any atom is 0.214 e. The largest absolute Gasteiger partial charge is 0.439 e. The minimum absolute atomic E-state index is 0.276. The Morgan fingerprint density at radius 2 is 2.12 bits per heavy atom. The van der Waals surface area contributed by atoms with Gasteiger partial charge in [0, 0.05) is 25.8 Å². The van der Waals surface area contributed by atoms with Gasteiger partial charge >= 0.3 is 0 Å². The summed E-state index contributed by atoms with van der Waals surface area (Å²) in [6.07, 6.45) is 4.27. The summed E-state index contributed by atoms with van der Waals surface area (Å²) in [5, 5.41) is 6.48. The van der Waals surface area contributed by atoms with Crippen molar-refractivity contribution in [1.82, 2.24) is 15.6 Å². The third-order valence-electron chi connectivity index (χ3n) is 4.04. The number of ether oxygens (including phenoxy) is 1. The van der Waals surface area contributed by atoms with E-state index < -0.39 is 0 Å². The molecule has 0 bridgehead atoms. The van der Waals surface area contributed by atoms with Crippen molar-refractivity contribution < 1.29 is 9.15 Å². The SMILES string of the molecule is CN=C(NCc1ncc(-c2ccc(C)cc2)o1)NCC1CCCO1. The molecule has 0 amide bonds. The number of nitrogens with zero attached hydrogens (tertiary/aromatic N) is 2. The molecule has 1 atom stereocenters. The van der Waals surface area contributed by atoms with Crippen LogP contribution in [0.2, 0.25) is 0 Å². The predicted octanol–water partition coefficient (Wildman–Crippen LogP) is 2.49. The highest BCUT2D eigenvalue weighted by molar-refractivity contribution is 5.79. The highest BCUT2D eigenvalue weighted by Crippen LogP contribution is 2.20. The molecule has 1 aromatic carbocycles. The second-order valence-corrected chi connectivity index (χ2v) is 5.93. The number of hydrogen-bond donors (Lipinski definition) is 2. The highest BCUT2D eigenvalue weighted by Gasteiger charge is 2.15. The number of aryl methyl sites for hydroxylation is 1. The van der Waals surface area contributed by atoms with Crippen LogP contribution in [0, 0.1) is 6.92 Å². The third-order valence-corrected chi connectivity index (χ3v) is 4.04. The zero-order valence-electron chi connectivity index (χ0n) is 14.2. The molecule has 0 saturated carbocycles. The smallest absolute Gasteiger partial charge is 0.214 e. The third kappa shape index (κ3) is 4.35. The van der Waals surface area contributed by atoms with E-state index in [1.54, 1.807) is 13.2 Å². The summed E-state index contributed by atoms with van der Waals surface area (Å²) in [4.78, 5) is 8.53. The van der Waals surface area contributed by atoms with Crippen molar-refractivity contribution >= 4 is 5.96 Å². The molecule has 2 N–H and O–H groups in total. The topological polar surface area (TPSA) is 71.7 Å². The quantitative estimate of drug-likeness (QED) is 0.652. The maximum absolute atomic E-state index is 5.80. The zero-order chi connectivity index (χ0) is 16.8. The van der Waals surface area contributed by atoms with Crippen LogP contribution in [0.1, 0.15) is 24.3 Å². The maximum atomic E-state index is 5.80. The fourth-order valence-corrected chi connectivity index (χ4v) is 2.64. The number of aliphatic imine (C=N–C) groups is 1. The summed E-state index contributed by atoms with van der Waals surface area (Å²) in [6, 6.07) is 8.20. The number of oxazole rings is 1. The Balaban J connectivity index is 1.51. The van der Waals surface area contributed by atoms with Gasteiger partial charge in [-0.05, 0) is 19.8 Å². The number of rotatable bonds is 5. The Bertz CT molecular complexity index is 673. The predicted molar refractivity (Wildman–Crippen MR) is 93.9 cm³/mol. The molecule has 2 aromatic rings. The summed E-state index contributed by atoms with van der Waals surface area (Å²) in [5.74, 6) is 2.13.